The molecule has 15 heavy (non-hydrogen) atoms. The van der Waals surface area contributed by atoms with E-state index in [0.29, 0.717) is 6.54 Å². The molecule has 0 aromatic heterocycles. The van der Waals surface area contributed by atoms with E-state index in [1.54, 1.807) is 7.11 Å². The van der Waals surface area contributed by atoms with Gasteiger partial charge in [0.1, 0.15) is 0 Å². The van der Waals surface area contributed by atoms with Crippen LogP contribution >= 0.6 is 0 Å². The van der Waals surface area contributed by atoms with Crippen molar-refractivity contribution in [3.05, 3.63) is 48.0 Å². The van der Waals surface area contributed by atoms with Crippen LogP contribution in [-0.4, -0.2) is 13.7 Å². The van der Waals surface area contributed by atoms with Crippen molar-refractivity contribution >= 4 is 10.8 Å². The summed E-state index contributed by atoms with van der Waals surface area (Å²) in [6.07, 6.45) is -0.0175. The second-order valence-corrected chi connectivity index (χ2v) is 3.53. The largest absolute Gasteiger partial charge is 0.375 e. The van der Waals surface area contributed by atoms with E-state index in [-0.39, 0.29) is 6.10 Å². The first-order valence-corrected chi connectivity index (χ1v) is 5.07. The van der Waals surface area contributed by atoms with Crippen molar-refractivity contribution in [1.29, 1.82) is 0 Å². The number of methoxy groups -OCH3 is 1. The number of hydrogen-bond acceptors (Lipinski definition) is 2. The van der Waals surface area contributed by atoms with Crippen molar-refractivity contribution in [2.24, 2.45) is 5.73 Å². The Kier molecular flexibility index (Phi) is 2.99. The monoisotopic (exact) mass is 201 g/mol. The standard InChI is InChI=1S/C13H15NO/c1-15-13(9-14)12-8-4-6-10-5-2-3-7-11(10)12/h2-8,13H,9,14H2,1H3/t13-/m0/s1. The Morgan fingerprint density at radius 1 is 1.13 bits per heavy atom. The van der Waals surface area contributed by atoms with Crippen LogP contribution in [0.2, 0.25) is 0 Å². The Hall–Kier alpha value is -1.38. The zero-order chi connectivity index (χ0) is 10.7. The molecule has 0 fully saturated rings. The van der Waals surface area contributed by atoms with Gasteiger partial charge in [-0.05, 0) is 16.3 Å². The molecule has 78 valence electrons. The molecule has 2 heteroatoms. The molecular weight excluding hydrogens is 186 g/mol. The highest BCUT2D eigenvalue weighted by Gasteiger charge is 2.10. The maximum Gasteiger partial charge on any atom is 0.0949 e. The Morgan fingerprint density at radius 3 is 2.60 bits per heavy atom. The third-order valence-electron chi connectivity index (χ3n) is 2.67. The minimum atomic E-state index is -0.0175. The molecule has 0 aliphatic heterocycles. The minimum absolute atomic E-state index is 0.0175. The fraction of sp³-hybridized carbons (Fsp3) is 0.231. The van der Waals surface area contributed by atoms with Gasteiger partial charge in [0.15, 0.2) is 0 Å². The van der Waals surface area contributed by atoms with Crippen molar-refractivity contribution in [2.45, 2.75) is 6.10 Å². The van der Waals surface area contributed by atoms with Gasteiger partial charge in [0.05, 0.1) is 6.10 Å². The first kappa shape index (κ1) is 10.1. The van der Waals surface area contributed by atoms with Crippen LogP contribution in [0.4, 0.5) is 0 Å². The van der Waals surface area contributed by atoms with Gasteiger partial charge in [-0.15, -0.1) is 0 Å². The molecule has 0 bridgehead atoms. The molecule has 2 rings (SSSR count). The quantitative estimate of drug-likeness (QED) is 0.828. The van der Waals surface area contributed by atoms with Gasteiger partial charge < -0.3 is 10.5 Å². The number of rotatable bonds is 3. The lowest BCUT2D eigenvalue weighted by atomic mass is 10.0. The summed E-state index contributed by atoms with van der Waals surface area (Å²) in [5.74, 6) is 0. The van der Waals surface area contributed by atoms with Crippen LogP contribution in [0.5, 0.6) is 0 Å². The molecule has 0 aliphatic rings. The normalized spacial score (nSPS) is 12.9. The molecule has 0 radical (unpaired) electrons. The lowest BCUT2D eigenvalue weighted by Crippen LogP contribution is -2.14. The SMILES string of the molecule is CO[C@@H](CN)c1cccc2ccccc12. The van der Waals surface area contributed by atoms with Gasteiger partial charge in [0, 0.05) is 13.7 Å². The molecular formula is C13H15NO. The van der Waals surface area contributed by atoms with Gasteiger partial charge >= 0.3 is 0 Å². The van der Waals surface area contributed by atoms with Crippen molar-refractivity contribution in [3.8, 4) is 0 Å². The van der Waals surface area contributed by atoms with Gasteiger partial charge in [0.2, 0.25) is 0 Å². The van der Waals surface area contributed by atoms with Crippen LogP contribution in [0.25, 0.3) is 10.8 Å². The Labute approximate surface area is 89.7 Å². The van der Waals surface area contributed by atoms with Gasteiger partial charge in [-0.25, -0.2) is 0 Å². The predicted octanol–water partition coefficient (Wildman–Crippen LogP) is 2.49. The summed E-state index contributed by atoms with van der Waals surface area (Å²) in [5.41, 5.74) is 6.85. The van der Waals surface area contributed by atoms with Gasteiger partial charge in [-0.3, -0.25) is 0 Å². The van der Waals surface area contributed by atoms with E-state index >= 15 is 0 Å². The van der Waals surface area contributed by atoms with Crippen molar-refractivity contribution in [3.63, 3.8) is 0 Å². The van der Waals surface area contributed by atoms with E-state index < -0.39 is 0 Å². The molecule has 0 unspecified atom stereocenters. The van der Waals surface area contributed by atoms with Gasteiger partial charge in [-0.2, -0.15) is 0 Å². The molecule has 1 atom stereocenters. The average Bonchev–Trinajstić information content (AvgIpc) is 2.31. The third kappa shape index (κ3) is 1.87. The van der Waals surface area contributed by atoms with E-state index in [2.05, 4.69) is 24.3 Å². The Bertz CT molecular complexity index is 444. The summed E-state index contributed by atoms with van der Waals surface area (Å²) in [6.45, 7) is 0.504. The van der Waals surface area contributed by atoms with E-state index in [1.807, 2.05) is 18.2 Å². The second kappa shape index (κ2) is 4.43. The highest BCUT2D eigenvalue weighted by molar-refractivity contribution is 5.86. The molecule has 2 aromatic rings. The predicted molar refractivity (Wildman–Crippen MR) is 62.8 cm³/mol. The number of hydrogen-bond donors (Lipinski definition) is 1. The fourth-order valence-corrected chi connectivity index (χ4v) is 1.88. The van der Waals surface area contributed by atoms with Crippen LogP contribution in [0, 0.1) is 0 Å². The lowest BCUT2D eigenvalue weighted by Gasteiger charge is -2.15. The van der Waals surface area contributed by atoms with Crippen LogP contribution in [-0.2, 0) is 4.74 Å². The second-order valence-electron chi connectivity index (χ2n) is 3.53. The Morgan fingerprint density at radius 2 is 1.87 bits per heavy atom. The van der Waals surface area contributed by atoms with Gasteiger partial charge in [0.25, 0.3) is 0 Å². The molecule has 0 saturated carbocycles. The Balaban J connectivity index is 2.59. The first-order chi connectivity index (χ1) is 7.36. The van der Waals surface area contributed by atoms with Crippen molar-refractivity contribution in [1.82, 2.24) is 0 Å². The van der Waals surface area contributed by atoms with Crippen molar-refractivity contribution < 1.29 is 4.74 Å². The van der Waals surface area contributed by atoms with Crippen molar-refractivity contribution in [2.75, 3.05) is 13.7 Å². The molecule has 0 heterocycles. The van der Waals surface area contributed by atoms with E-state index in [1.165, 1.54) is 10.8 Å². The zero-order valence-electron chi connectivity index (χ0n) is 8.81. The first-order valence-electron chi connectivity index (χ1n) is 5.07. The maximum atomic E-state index is 5.68. The summed E-state index contributed by atoms with van der Waals surface area (Å²) in [7, 11) is 1.69. The molecule has 0 saturated heterocycles. The summed E-state index contributed by atoms with van der Waals surface area (Å²) in [6, 6.07) is 14.5. The average molecular weight is 201 g/mol. The number of benzene rings is 2. The third-order valence-corrected chi connectivity index (χ3v) is 2.67. The van der Waals surface area contributed by atoms with Crippen LogP contribution in [0.3, 0.4) is 0 Å². The summed E-state index contributed by atoms with van der Waals surface area (Å²) in [4.78, 5) is 0. The highest BCUT2D eigenvalue weighted by Crippen LogP contribution is 2.25. The van der Waals surface area contributed by atoms with Crippen LogP contribution in [0.15, 0.2) is 42.5 Å². The van der Waals surface area contributed by atoms with Crippen LogP contribution < -0.4 is 5.73 Å². The topological polar surface area (TPSA) is 35.2 Å². The summed E-state index contributed by atoms with van der Waals surface area (Å²) >= 11 is 0. The number of ether oxygens (including phenoxy) is 1. The van der Waals surface area contributed by atoms with E-state index in [9.17, 15) is 0 Å². The highest BCUT2D eigenvalue weighted by atomic mass is 16.5. The molecule has 2 aromatic carbocycles. The smallest absolute Gasteiger partial charge is 0.0949 e. The number of fused-ring (bicyclic) bond motifs is 1. The van der Waals surface area contributed by atoms with E-state index in [4.69, 9.17) is 10.5 Å². The minimum Gasteiger partial charge on any atom is -0.375 e. The van der Waals surface area contributed by atoms with Crippen LogP contribution in [0.1, 0.15) is 11.7 Å². The summed E-state index contributed by atoms with van der Waals surface area (Å²) in [5, 5.41) is 2.45. The molecule has 2 N–H and O–H groups in total. The molecule has 0 amide bonds. The lowest BCUT2D eigenvalue weighted by molar-refractivity contribution is 0.112. The van der Waals surface area contributed by atoms with E-state index in [0.717, 1.165) is 5.56 Å². The van der Waals surface area contributed by atoms with Gasteiger partial charge in [-0.1, -0.05) is 42.5 Å². The zero-order valence-corrected chi connectivity index (χ0v) is 8.81. The maximum absolute atomic E-state index is 5.68. The molecule has 0 aliphatic carbocycles. The molecule has 0 spiro atoms. The molecule has 2 nitrogen and oxygen atoms in total. The summed E-state index contributed by atoms with van der Waals surface area (Å²) < 4.78 is 5.37. The number of nitrogens with two attached hydrogens (primary N) is 1. The fourth-order valence-electron chi connectivity index (χ4n) is 1.88.